The first-order valence-electron chi connectivity index (χ1n) is 5.43. The predicted octanol–water partition coefficient (Wildman–Crippen LogP) is 4.79. The van der Waals surface area contributed by atoms with E-state index in [-0.39, 0.29) is 11.5 Å². The molecular weight excluding hydrogens is 257 g/mol. The smallest absolute Gasteiger partial charge is 0.153 e. The summed E-state index contributed by atoms with van der Waals surface area (Å²) in [7, 11) is 0. The molecule has 2 rings (SSSR count). The average molecular weight is 272 g/mol. The lowest BCUT2D eigenvalue weighted by Crippen LogP contribution is -2.25. The van der Waals surface area contributed by atoms with Crippen LogP contribution < -0.4 is 5.73 Å². The van der Waals surface area contributed by atoms with Gasteiger partial charge >= 0.3 is 0 Å². The highest BCUT2D eigenvalue weighted by molar-refractivity contribution is 6.38. The second-order valence-electron chi connectivity index (χ2n) is 5.30. The normalized spacial score (nSPS) is 14.2. The molecule has 2 N–H and O–H groups in total. The third-order valence-corrected chi connectivity index (χ3v) is 3.29. The average Bonchev–Trinajstić information content (AvgIpc) is 2.58. The first kappa shape index (κ1) is 12.7. The van der Waals surface area contributed by atoms with Gasteiger partial charge in [0.25, 0.3) is 0 Å². The van der Waals surface area contributed by atoms with Gasteiger partial charge in [-0.05, 0) is 23.6 Å². The maximum absolute atomic E-state index is 6.15. The number of nitrogens with two attached hydrogens (primary N) is 1. The van der Waals surface area contributed by atoms with Gasteiger partial charge in [-0.3, -0.25) is 0 Å². The van der Waals surface area contributed by atoms with Crippen LogP contribution in [0.4, 0.5) is 0 Å². The molecule has 2 aromatic rings. The fraction of sp³-hybridized carbons (Fsp3) is 0.385. The Morgan fingerprint density at radius 1 is 1.18 bits per heavy atom. The molecule has 0 radical (unpaired) electrons. The molecule has 0 aliphatic carbocycles. The molecule has 0 bridgehead atoms. The fourth-order valence-electron chi connectivity index (χ4n) is 1.68. The van der Waals surface area contributed by atoms with Crippen molar-refractivity contribution in [3.05, 3.63) is 34.0 Å². The van der Waals surface area contributed by atoms with Crippen LogP contribution in [-0.4, -0.2) is 0 Å². The number of furan rings is 1. The lowest BCUT2D eigenvalue weighted by molar-refractivity contribution is 0.290. The van der Waals surface area contributed by atoms with Crippen molar-refractivity contribution in [2.45, 2.75) is 26.8 Å². The Balaban J connectivity index is 2.56. The highest BCUT2D eigenvalue weighted by Crippen LogP contribution is 2.36. The van der Waals surface area contributed by atoms with E-state index in [2.05, 4.69) is 20.8 Å². The van der Waals surface area contributed by atoms with Crippen molar-refractivity contribution in [3.8, 4) is 0 Å². The van der Waals surface area contributed by atoms with E-state index < -0.39 is 0 Å². The summed E-state index contributed by atoms with van der Waals surface area (Å²) in [6, 6.07) is 5.22. The van der Waals surface area contributed by atoms with Crippen molar-refractivity contribution in [2.75, 3.05) is 0 Å². The molecule has 0 saturated carbocycles. The predicted molar refractivity (Wildman–Crippen MR) is 72.6 cm³/mol. The molecule has 0 amide bonds. The monoisotopic (exact) mass is 271 g/mol. The molecule has 4 heteroatoms. The van der Waals surface area contributed by atoms with Gasteiger partial charge in [0.1, 0.15) is 5.76 Å². The molecule has 1 aromatic heterocycles. The summed E-state index contributed by atoms with van der Waals surface area (Å²) in [6.07, 6.45) is 0. The molecular formula is C13H15Cl2NO. The topological polar surface area (TPSA) is 39.2 Å². The number of hydrogen-bond acceptors (Lipinski definition) is 2. The maximum Gasteiger partial charge on any atom is 0.153 e. The summed E-state index contributed by atoms with van der Waals surface area (Å²) < 4.78 is 5.73. The van der Waals surface area contributed by atoms with Crippen LogP contribution in [-0.2, 0) is 0 Å². The van der Waals surface area contributed by atoms with E-state index in [1.807, 2.05) is 12.1 Å². The lowest BCUT2D eigenvalue weighted by Gasteiger charge is -2.24. The number of hydrogen-bond donors (Lipinski definition) is 1. The van der Waals surface area contributed by atoms with Crippen molar-refractivity contribution in [3.63, 3.8) is 0 Å². The molecule has 1 unspecified atom stereocenters. The van der Waals surface area contributed by atoms with Crippen LogP contribution >= 0.6 is 23.2 Å². The number of rotatable bonds is 1. The van der Waals surface area contributed by atoms with Gasteiger partial charge in [0.2, 0.25) is 0 Å². The van der Waals surface area contributed by atoms with Gasteiger partial charge in [-0.1, -0.05) is 44.0 Å². The zero-order valence-corrected chi connectivity index (χ0v) is 11.6. The molecule has 0 fully saturated rings. The summed E-state index contributed by atoms with van der Waals surface area (Å²) in [5.41, 5.74) is 6.73. The minimum atomic E-state index is -0.176. The molecule has 17 heavy (non-hydrogen) atoms. The summed E-state index contributed by atoms with van der Waals surface area (Å²) in [6.45, 7) is 6.21. The van der Waals surface area contributed by atoms with E-state index in [1.165, 1.54) is 0 Å². The second kappa shape index (κ2) is 4.20. The highest BCUT2D eigenvalue weighted by atomic mass is 35.5. The van der Waals surface area contributed by atoms with Gasteiger partial charge in [0, 0.05) is 10.4 Å². The van der Waals surface area contributed by atoms with Crippen LogP contribution in [0.2, 0.25) is 10.0 Å². The molecule has 0 saturated heterocycles. The third-order valence-electron chi connectivity index (χ3n) is 2.79. The quantitative estimate of drug-likeness (QED) is 0.810. The standard InChI is InChI=1S/C13H15Cl2NO/c1-13(2,3)12(16)10-5-7-4-8(14)6-9(15)11(7)17-10/h4-6,12H,16H2,1-3H3. The first-order valence-corrected chi connectivity index (χ1v) is 6.18. The molecule has 0 aliphatic rings. The maximum atomic E-state index is 6.15. The molecule has 92 valence electrons. The lowest BCUT2D eigenvalue weighted by atomic mass is 9.86. The van der Waals surface area contributed by atoms with Crippen LogP contribution in [0.25, 0.3) is 11.0 Å². The van der Waals surface area contributed by atoms with Crippen LogP contribution in [0.1, 0.15) is 32.6 Å². The molecule has 1 heterocycles. The Labute approximate surface area is 111 Å². The number of halogens is 2. The van der Waals surface area contributed by atoms with Crippen LogP contribution in [0, 0.1) is 5.41 Å². The largest absolute Gasteiger partial charge is 0.458 e. The minimum Gasteiger partial charge on any atom is -0.458 e. The molecule has 1 atom stereocenters. The van der Waals surface area contributed by atoms with Crippen LogP contribution in [0.3, 0.4) is 0 Å². The fourth-order valence-corrected chi connectivity index (χ4v) is 2.22. The Kier molecular flexibility index (Phi) is 3.15. The van der Waals surface area contributed by atoms with Crippen molar-refractivity contribution in [1.82, 2.24) is 0 Å². The van der Waals surface area contributed by atoms with Crippen molar-refractivity contribution >= 4 is 34.2 Å². The van der Waals surface area contributed by atoms with E-state index in [0.717, 1.165) is 11.1 Å². The number of fused-ring (bicyclic) bond motifs is 1. The molecule has 0 spiro atoms. The van der Waals surface area contributed by atoms with Crippen molar-refractivity contribution in [1.29, 1.82) is 0 Å². The molecule has 0 aliphatic heterocycles. The first-order chi connectivity index (χ1) is 7.79. The Morgan fingerprint density at radius 3 is 2.41 bits per heavy atom. The summed E-state index contributed by atoms with van der Waals surface area (Å²) in [4.78, 5) is 0. The highest BCUT2D eigenvalue weighted by Gasteiger charge is 2.25. The molecule has 1 aromatic carbocycles. The van der Waals surface area contributed by atoms with Gasteiger partial charge in [-0.2, -0.15) is 0 Å². The Morgan fingerprint density at radius 2 is 1.82 bits per heavy atom. The van der Waals surface area contributed by atoms with E-state index in [9.17, 15) is 0 Å². The minimum absolute atomic E-state index is 0.0653. The van der Waals surface area contributed by atoms with Gasteiger partial charge in [0.05, 0.1) is 11.1 Å². The van der Waals surface area contributed by atoms with E-state index in [0.29, 0.717) is 15.6 Å². The van der Waals surface area contributed by atoms with E-state index >= 15 is 0 Å². The van der Waals surface area contributed by atoms with Crippen LogP contribution in [0.5, 0.6) is 0 Å². The summed E-state index contributed by atoms with van der Waals surface area (Å²) in [5, 5.41) is 2.00. The van der Waals surface area contributed by atoms with E-state index in [4.69, 9.17) is 33.4 Å². The zero-order valence-electron chi connectivity index (χ0n) is 10.1. The third kappa shape index (κ3) is 2.44. The van der Waals surface area contributed by atoms with Gasteiger partial charge in [-0.15, -0.1) is 0 Å². The SMILES string of the molecule is CC(C)(C)C(N)c1cc2cc(Cl)cc(Cl)c2o1. The van der Waals surface area contributed by atoms with Gasteiger partial charge < -0.3 is 10.2 Å². The van der Waals surface area contributed by atoms with Gasteiger partial charge in [0.15, 0.2) is 5.58 Å². The van der Waals surface area contributed by atoms with Crippen LogP contribution in [0.15, 0.2) is 22.6 Å². The number of benzene rings is 1. The Bertz CT molecular complexity index is 554. The van der Waals surface area contributed by atoms with Gasteiger partial charge in [-0.25, -0.2) is 0 Å². The van der Waals surface area contributed by atoms with Crippen molar-refractivity contribution < 1.29 is 4.42 Å². The second-order valence-corrected chi connectivity index (χ2v) is 6.14. The Hall–Kier alpha value is -0.700. The van der Waals surface area contributed by atoms with Crippen molar-refractivity contribution in [2.24, 2.45) is 11.1 Å². The summed E-state index contributed by atoms with van der Waals surface area (Å²) >= 11 is 12.0. The summed E-state index contributed by atoms with van der Waals surface area (Å²) in [5.74, 6) is 0.733. The molecule has 2 nitrogen and oxygen atoms in total. The zero-order chi connectivity index (χ0) is 12.8. The van der Waals surface area contributed by atoms with E-state index in [1.54, 1.807) is 6.07 Å².